The highest BCUT2D eigenvalue weighted by molar-refractivity contribution is 5.82. The highest BCUT2D eigenvalue weighted by atomic mass is 16.2. The topological polar surface area (TPSA) is 32.3 Å². The molecule has 1 aliphatic heterocycles. The molecule has 3 nitrogen and oxygen atoms in total. The fourth-order valence-corrected chi connectivity index (χ4v) is 2.42. The van der Waals surface area contributed by atoms with Crippen molar-refractivity contribution in [2.45, 2.75) is 58.9 Å². The van der Waals surface area contributed by atoms with Crippen LogP contribution in [-0.4, -0.2) is 37.0 Å². The summed E-state index contributed by atoms with van der Waals surface area (Å²) in [5.74, 6) is 0.348. The first-order valence-corrected chi connectivity index (χ1v) is 6.98. The molecule has 1 amide bonds. The molecule has 17 heavy (non-hydrogen) atoms. The number of rotatable bonds is 5. The molecule has 0 saturated carbocycles. The fraction of sp³-hybridized carbons (Fsp3) is 0.929. The van der Waals surface area contributed by atoms with Gasteiger partial charge in [-0.2, -0.15) is 0 Å². The van der Waals surface area contributed by atoms with Gasteiger partial charge in [-0.3, -0.25) is 4.79 Å². The van der Waals surface area contributed by atoms with Gasteiger partial charge < -0.3 is 10.2 Å². The smallest absolute Gasteiger partial charge is 0.228 e. The van der Waals surface area contributed by atoms with Crippen molar-refractivity contribution in [1.29, 1.82) is 0 Å². The molecule has 1 unspecified atom stereocenters. The van der Waals surface area contributed by atoms with Crippen LogP contribution < -0.4 is 5.32 Å². The van der Waals surface area contributed by atoms with E-state index in [1.165, 1.54) is 19.3 Å². The third-order valence-corrected chi connectivity index (χ3v) is 4.08. The van der Waals surface area contributed by atoms with E-state index in [1.54, 1.807) is 0 Å². The largest absolute Gasteiger partial charge is 0.339 e. The Morgan fingerprint density at radius 1 is 1.41 bits per heavy atom. The van der Waals surface area contributed by atoms with Crippen molar-refractivity contribution >= 4 is 5.91 Å². The summed E-state index contributed by atoms with van der Waals surface area (Å²) in [6, 6.07) is 0.453. The first kappa shape index (κ1) is 14.5. The van der Waals surface area contributed by atoms with Gasteiger partial charge in [-0.25, -0.2) is 0 Å². The van der Waals surface area contributed by atoms with Crippen LogP contribution in [0.25, 0.3) is 0 Å². The molecular formula is C14H28N2O. The lowest BCUT2D eigenvalue weighted by Gasteiger charge is -2.40. The van der Waals surface area contributed by atoms with Crippen LogP contribution in [0.5, 0.6) is 0 Å². The maximum Gasteiger partial charge on any atom is 0.228 e. The molecule has 1 heterocycles. The van der Waals surface area contributed by atoms with Crippen LogP contribution in [0.4, 0.5) is 0 Å². The Kier molecular flexibility index (Phi) is 5.44. The molecule has 0 aromatic heterocycles. The molecule has 1 N–H and O–H groups in total. The highest BCUT2D eigenvalue weighted by Crippen LogP contribution is 2.28. The first-order chi connectivity index (χ1) is 8.03. The molecule has 1 fully saturated rings. The molecule has 0 bridgehead atoms. The lowest BCUT2D eigenvalue weighted by atomic mass is 9.86. The lowest BCUT2D eigenvalue weighted by Crippen LogP contribution is -2.49. The zero-order valence-corrected chi connectivity index (χ0v) is 11.9. The average Bonchev–Trinajstić information content (AvgIpc) is 2.35. The third kappa shape index (κ3) is 3.70. The number of carbonyl (C=O) groups is 1. The van der Waals surface area contributed by atoms with Crippen LogP contribution >= 0.6 is 0 Å². The van der Waals surface area contributed by atoms with Crippen molar-refractivity contribution in [3.8, 4) is 0 Å². The van der Waals surface area contributed by atoms with Gasteiger partial charge in [0.2, 0.25) is 5.91 Å². The summed E-state index contributed by atoms with van der Waals surface area (Å²) in [5, 5.41) is 3.19. The minimum absolute atomic E-state index is 0.199. The maximum atomic E-state index is 12.5. The van der Waals surface area contributed by atoms with Crippen molar-refractivity contribution in [2.24, 2.45) is 5.41 Å². The van der Waals surface area contributed by atoms with E-state index in [9.17, 15) is 4.79 Å². The number of amides is 1. The number of hydrogen-bond acceptors (Lipinski definition) is 2. The molecule has 1 atom stereocenters. The number of carbonyl (C=O) groups excluding carboxylic acids is 1. The summed E-state index contributed by atoms with van der Waals surface area (Å²) in [4.78, 5) is 14.7. The first-order valence-electron chi connectivity index (χ1n) is 6.98. The SMILES string of the molecule is CCC(C)(C)C(=O)N1CCCCC1CCNC. The molecule has 3 heteroatoms. The summed E-state index contributed by atoms with van der Waals surface area (Å²) in [5.41, 5.74) is -0.199. The molecule has 1 saturated heterocycles. The van der Waals surface area contributed by atoms with E-state index < -0.39 is 0 Å². The second kappa shape index (κ2) is 6.39. The Morgan fingerprint density at radius 2 is 2.12 bits per heavy atom. The minimum Gasteiger partial charge on any atom is -0.339 e. The standard InChI is InChI=1S/C14H28N2O/c1-5-14(2,3)13(17)16-11-7-6-8-12(16)9-10-15-4/h12,15H,5-11H2,1-4H3. The van der Waals surface area contributed by atoms with Gasteiger partial charge in [0.1, 0.15) is 0 Å². The van der Waals surface area contributed by atoms with Gasteiger partial charge in [-0.1, -0.05) is 20.8 Å². The van der Waals surface area contributed by atoms with Crippen LogP contribution in [0.1, 0.15) is 52.9 Å². The van der Waals surface area contributed by atoms with Crippen LogP contribution in [0.3, 0.4) is 0 Å². The fourth-order valence-electron chi connectivity index (χ4n) is 2.42. The molecule has 1 rings (SSSR count). The normalized spacial score (nSPS) is 21.6. The Labute approximate surface area is 106 Å². The number of likely N-dealkylation sites (tertiary alicyclic amines) is 1. The van der Waals surface area contributed by atoms with Gasteiger partial charge in [0.25, 0.3) is 0 Å². The summed E-state index contributed by atoms with van der Waals surface area (Å²) < 4.78 is 0. The minimum atomic E-state index is -0.199. The molecule has 0 spiro atoms. The number of piperidine rings is 1. The number of nitrogens with one attached hydrogen (secondary N) is 1. The maximum absolute atomic E-state index is 12.5. The van der Waals surface area contributed by atoms with E-state index in [4.69, 9.17) is 0 Å². The van der Waals surface area contributed by atoms with Crippen molar-refractivity contribution in [3.63, 3.8) is 0 Å². The van der Waals surface area contributed by atoms with Gasteiger partial charge >= 0.3 is 0 Å². The van der Waals surface area contributed by atoms with E-state index in [1.807, 2.05) is 7.05 Å². The van der Waals surface area contributed by atoms with Crippen LogP contribution in [0.15, 0.2) is 0 Å². The Hall–Kier alpha value is -0.570. The van der Waals surface area contributed by atoms with Gasteiger partial charge in [0, 0.05) is 18.0 Å². The molecule has 0 aromatic rings. The molecule has 0 aromatic carbocycles. The molecule has 100 valence electrons. The Morgan fingerprint density at radius 3 is 2.71 bits per heavy atom. The van der Waals surface area contributed by atoms with E-state index in [0.29, 0.717) is 11.9 Å². The highest BCUT2D eigenvalue weighted by Gasteiger charge is 2.34. The predicted molar refractivity (Wildman–Crippen MR) is 72.0 cm³/mol. The predicted octanol–water partition coefficient (Wildman–Crippen LogP) is 2.41. The quantitative estimate of drug-likeness (QED) is 0.800. The summed E-state index contributed by atoms with van der Waals surface area (Å²) in [7, 11) is 1.98. The Balaban J connectivity index is 2.67. The monoisotopic (exact) mass is 240 g/mol. The zero-order chi connectivity index (χ0) is 12.9. The lowest BCUT2D eigenvalue weighted by molar-refractivity contribution is -0.144. The second-order valence-electron chi connectivity index (χ2n) is 5.78. The van der Waals surface area contributed by atoms with Crippen LogP contribution in [0, 0.1) is 5.41 Å². The second-order valence-corrected chi connectivity index (χ2v) is 5.78. The molecular weight excluding hydrogens is 212 g/mol. The van der Waals surface area contributed by atoms with Crippen molar-refractivity contribution in [3.05, 3.63) is 0 Å². The van der Waals surface area contributed by atoms with Gasteiger partial charge in [-0.15, -0.1) is 0 Å². The van der Waals surface area contributed by atoms with Gasteiger partial charge in [0.05, 0.1) is 0 Å². The third-order valence-electron chi connectivity index (χ3n) is 4.08. The van der Waals surface area contributed by atoms with E-state index in [2.05, 4.69) is 31.0 Å². The molecule has 1 aliphatic rings. The summed E-state index contributed by atoms with van der Waals surface area (Å²) in [6.45, 7) is 8.19. The van der Waals surface area contributed by atoms with Crippen molar-refractivity contribution in [2.75, 3.05) is 20.1 Å². The van der Waals surface area contributed by atoms with Crippen LogP contribution in [-0.2, 0) is 4.79 Å². The van der Waals surface area contributed by atoms with E-state index >= 15 is 0 Å². The number of nitrogens with zero attached hydrogens (tertiary/aromatic N) is 1. The van der Waals surface area contributed by atoms with Crippen molar-refractivity contribution < 1.29 is 4.79 Å². The average molecular weight is 240 g/mol. The molecule has 0 radical (unpaired) electrons. The van der Waals surface area contributed by atoms with Crippen LogP contribution in [0.2, 0.25) is 0 Å². The Bertz CT molecular complexity index is 251. The van der Waals surface area contributed by atoms with E-state index in [-0.39, 0.29) is 5.41 Å². The summed E-state index contributed by atoms with van der Waals surface area (Å²) in [6.07, 6.45) is 5.61. The summed E-state index contributed by atoms with van der Waals surface area (Å²) >= 11 is 0. The molecule has 0 aliphatic carbocycles. The van der Waals surface area contributed by atoms with Gasteiger partial charge in [-0.05, 0) is 45.7 Å². The number of hydrogen-bond donors (Lipinski definition) is 1. The van der Waals surface area contributed by atoms with Crippen molar-refractivity contribution in [1.82, 2.24) is 10.2 Å². The van der Waals surface area contributed by atoms with Gasteiger partial charge in [0.15, 0.2) is 0 Å². The zero-order valence-electron chi connectivity index (χ0n) is 11.9. The van der Waals surface area contributed by atoms with E-state index in [0.717, 1.165) is 25.9 Å².